The third-order valence-electron chi connectivity index (χ3n) is 7.33. The van der Waals surface area contributed by atoms with Gasteiger partial charge in [-0.3, -0.25) is 19.3 Å². The molecule has 9 nitrogen and oxygen atoms in total. The number of benzene rings is 3. The minimum Gasteiger partial charge on any atom is -0.367 e. The molecule has 5 rings (SSSR count). The molecule has 0 spiro atoms. The molecule has 41 heavy (non-hydrogen) atoms. The molecule has 0 aliphatic carbocycles. The SMILES string of the molecule is COC1(OC)C(=O)N(Cc2ccccc2)c2ccc(N(C(=O)c3cc[nH]c3)C(C)C(=O)NCc3ccccc3)cc21. The fourth-order valence-corrected chi connectivity index (χ4v) is 5.14. The second kappa shape index (κ2) is 11.8. The first-order valence-corrected chi connectivity index (χ1v) is 13.3. The normalized spacial score (nSPS) is 14.4. The molecule has 0 saturated heterocycles. The number of amides is 3. The maximum Gasteiger partial charge on any atom is 0.292 e. The van der Waals surface area contributed by atoms with Crippen molar-refractivity contribution in [2.45, 2.75) is 31.8 Å². The Morgan fingerprint density at radius 2 is 1.61 bits per heavy atom. The Hall–Kier alpha value is -4.73. The summed E-state index contributed by atoms with van der Waals surface area (Å²) in [6, 6.07) is 25.1. The average molecular weight is 553 g/mol. The molecule has 2 N–H and O–H groups in total. The van der Waals surface area contributed by atoms with Crippen LogP contribution in [0.3, 0.4) is 0 Å². The van der Waals surface area contributed by atoms with Crippen molar-refractivity contribution in [3.05, 3.63) is 120 Å². The second-order valence-electron chi connectivity index (χ2n) is 9.76. The molecule has 4 aromatic rings. The van der Waals surface area contributed by atoms with Crippen LogP contribution in [-0.2, 0) is 37.9 Å². The monoisotopic (exact) mass is 552 g/mol. The Morgan fingerprint density at radius 1 is 0.951 bits per heavy atom. The summed E-state index contributed by atoms with van der Waals surface area (Å²) in [4.78, 5) is 46.8. The lowest BCUT2D eigenvalue weighted by molar-refractivity contribution is -0.209. The molecule has 0 radical (unpaired) electrons. The number of H-pyrrole nitrogens is 1. The number of carbonyl (C=O) groups is 3. The fourth-order valence-electron chi connectivity index (χ4n) is 5.14. The van der Waals surface area contributed by atoms with Crippen LogP contribution in [0.25, 0.3) is 0 Å². The number of nitrogens with one attached hydrogen (secondary N) is 2. The first-order chi connectivity index (χ1) is 19.9. The van der Waals surface area contributed by atoms with Gasteiger partial charge in [0.25, 0.3) is 17.6 Å². The van der Waals surface area contributed by atoms with Gasteiger partial charge in [0, 0.05) is 44.4 Å². The van der Waals surface area contributed by atoms with Gasteiger partial charge < -0.3 is 24.7 Å². The van der Waals surface area contributed by atoms with Gasteiger partial charge in [-0.1, -0.05) is 60.7 Å². The molecule has 3 aromatic carbocycles. The molecular formula is C32H32N4O5. The van der Waals surface area contributed by atoms with Crippen LogP contribution in [0, 0.1) is 0 Å². The Morgan fingerprint density at radius 3 is 2.22 bits per heavy atom. The molecule has 2 heterocycles. The third-order valence-corrected chi connectivity index (χ3v) is 7.33. The maximum absolute atomic E-state index is 13.8. The summed E-state index contributed by atoms with van der Waals surface area (Å²) in [5.74, 6) is -2.79. The highest BCUT2D eigenvalue weighted by Gasteiger charge is 2.53. The summed E-state index contributed by atoms with van der Waals surface area (Å²) in [6.07, 6.45) is 3.23. The first-order valence-electron chi connectivity index (χ1n) is 13.3. The summed E-state index contributed by atoms with van der Waals surface area (Å²) in [6.45, 7) is 2.30. The number of rotatable bonds is 10. The Kier molecular flexibility index (Phi) is 8.00. The lowest BCUT2D eigenvalue weighted by Crippen LogP contribution is -2.48. The molecule has 1 atom stereocenters. The van der Waals surface area contributed by atoms with Gasteiger partial charge in [0.2, 0.25) is 5.91 Å². The van der Waals surface area contributed by atoms with E-state index in [1.807, 2.05) is 60.7 Å². The molecule has 0 saturated carbocycles. The van der Waals surface area contributed by atoms with Crippen LogP contribution in [-0.4, -0.2) is 43.0 Å². The van der Waals surface area contributed by atoms with Crippen LogP contribution in [0.15, 0.2) is 97.3 Å². The highest BCUT2D eigenvalue weighted by molar-refractivity contribution is 6.11. The van der Waals surface area contributed by atoms with Crippen molar-refractivity contribution in [3.63, 3.8) is 0 Å². The minimum absolute atomic E-state index is 0.310. The van der Waals surface area contributed by atoms with Crippen molar-refractivity contribution < 1.29 is 23.9 Å². The average Bonchev–Trinajstić information content (AvgIpc) is 3.63. The van der Waals surface area contributed by atoms with Crippen LogP contribution >= 0.6 is 0 Å². The van der Waals surface area contributed by atoms with Gasteiger partial charge in [-0.05, 0) is 42.3 Å². The number of aromatic amines is 1. The largest absolute Gasteiger partial charge is 0.367 e. The van der Waals surface area contributed by atoms with E-state index in [4.69, 9.17) is 9.47 Å². The van der Waals surface area contributed by atoms with Crippen LogP contribution in [0.5, 0.6) is 0 Å². The van der Waals surface area contributed by atoms with E-state index in [-0.39, 0.29) is 17.7 Å². The highest BCUT2D eigenvalue weighted by atomic mass is 16.7. The van der Waals surface area contributed by atoms with Crippen LogP contribution in [0.4, 0.5) is 11.4 Å². The van der Waals surface area contributed by atoms with Gasteiger partial charge in [0.15, 0.2) is 0 Å². The minimum atomic E-state index is -1.71. The zero-order valence-corrected chi connectivity index (χ0v) is 23.2. The Balaban J connectivity index is 1.53. The summed E-state index contributed by atoms with van der Waals surface area (Å²) in [7, 11) is 2.82. The number of hydrogen-bond donors (Lipinski definition) is 2. The van der Waals surface area contributed by atoms with Gasteiger partial charge in [-0.25, -0.2) is 0 Å². The molecule has 210 valence electrons. The van der Waals surface area contributed by atoms with Crippen LogP contribution in [0.2, 0.25) is 0 Å². The molecule has 3 amide bonds. The van der Waals surface area contributed by atoms with Crippen LogP contribution < -0.4 is 15.1 Å². The highest BCUT2D eigenvalue weighted by Crippen LogP contribution is 2.45. The molecule has 1 aliphatic heterocycles. The van der Waals surface area contributed by atoms with E-state index in [0.717, 1.165) is 11.1 Å². The zero-order valence-electron chi connectivity index (χ0n) is 23.2. The second-order valence-corrected chi connectivity index (χ2v) is 9.76. The topological polar surface area (TPSA) is 104 Å². The van der Waals surface area contributed by atoms with E-state index in [2.05, 4.69) is 10.3 Å². The predicted octanol–water partition coefficient (Wildman–Crippen LogP) is 4.36. The van der Waals surface area contributed by atoms with Crippen molar-refractivity contribution in [2.24, 2.45) is 0 Å². The van der Waals surface area contributed by atoms with E-state index in [9.17, 15) is 14.4 Å². The van der Waals surface area contributed by atoms with Gasteiger partial charge in [0.1, 0.15) is 6.04 Å². The summed E-state index contributed by atoms with van der Waals surface area (Å²) in [5, 5.41) is 2.93. The number of methoxy groups -OCH3 is 2. The smallest absolute Gasteiger partial charge is 0.292 e. The molecule has 1 aliphatic rings. The number of anilines is 2. The molecule has 1 aromatic heterocycles. The quantitative estimate of drug-likeness (QED) is 0.285. The van der Waals surface area contributed by atoms with Crippen molar-refractivity contribution in [3.8, 4) is 0 Å². The van der Waals surface area contributed by atoms with E-state index in [1.54, 1.807) is 48.5 Å². The summed E-state index contributed by atoms with van der Waals surface area (Å²) < 4.78 is 11.4. The number of nitrogens with zero attached hydrogens (tertiary/aromatic N) is 2. The standard InChI is InChI=1S/C32H32N4O5/c1-22(29(37)34-19-23-10-6-4-7-11-23)36(30(38)25-16-17-33-20-25)26-14-15-28-27(18-26)32(40-2,41-3)31(39)35(28)21-24-12-8-5-9-13-24/h4-18,20,22,33H,19,21H2,1-3H3,(H,34,37). The fraction of sp³-hybridized carbons (Fsp3) is 0.219. The zero-order chi connectivity index (χ0) is 29.0. The molecular weight excluding hydrogens is 520 g/mol. The van der Waals surface area contributed by atoms with Gasteiger partial charge in [0.05, 0.1) is 17.8 Å². The van der Waals surface area contributed by atoms with E-state index in [0.29, 0.717) is 35.6 Å². The van der Waals surface area contributed by atoms with Gasteiger partial charge in [-0.15, -0.1) is 0 Å². The Labute approximate surface area is 238 Å². The lowest BCUT2D eigenvalue weighted by atomic mass is 10.0. The number of carbonyl (C=O) groups excluding carboxylic acids is 3. The summed E-state index contributed by atoms with van der Waals surface area (Å²) in [5.41, 5.74) is 3.74. The van der Waals surface area contributed by atoms with Gasteiger partial charge >= 0.3 is 0 Å². The number of aromatic nitrogens is 1. The number of ether oxygens (including phenoxy) is 2. The van der Waals surface area contributed by atoms with Crippen molar-refractivity contribution in [2.75, 3.05) is 24.0 Å². The third kappa shape index (κ3) is 5.25. The van der Waals surface area contributed by atoms with Crippen LogP contribution in [0.1, 0.15) is 34.0 Å². The lowest BCUT2D eigenvalue weighted by Gasteiger charge is -2.30. The molecule has 1 unspecified atom stereocenters. The maximum atomic E-state index is 13.8. The summed E-state index contributed by atoms with van der Waals surface area (Å²) >= 11 is 0. The predicted molar refractivity (Wildman–Crippen MR) is 155 cm³/mol. The molecule has 0 fully saturated rings. The van der Waals surface area contributed by atoms with Crippen molar-refractivity contribution in [1.82, 2.24) is 10.3 Å². The Bertz CT molecular complexity index is 1520. The van der Waals surface area contributed by atoms with Crippen molar-refractivity contribution in [1.29, 1.82) is 0 Å². The molecule has 9 heteroatoms. The number of fused-ring (bicyclic) bond motifs is 1. The van der Waals surface area contributed by atoms with Gasteiger partial charge in [-0.2, -0.15) is 0 Å². The van der Waals surface area contributed by atoms with E-state index in [1.165, 1.54) is 19.1 Å². The number of hydrogen-bond acceptors (Lipinski definition) is 5. The molecule has 0 bridgehead atoms. The first kappa shape index (κ1) is 27.8. The van der Waals surface area contributed by atoms with Crippen molar-refractivity contribution >= 4 is 29.1 Å². The van der Waals surface area contributed by atoms with E-state index >= 15 is 0 Å². The van der Waals surface area contributed by atoms with E-state index < -0.39 is 11.8 Å².